The summed E-state index contributed by atoms with van der Waals surface area (Å²) in [6, 6.07) is 13.3. The van der Waals surface area contributed by atoms with Crippen molar-refractivity contribution in [3.05, 3.63) is 64.7 Å². The van der Waals surface area contributed by atoms with Gasteiger partial charge in [0.05, 0.1) is 0 Å². The van der Waals surface area contributed by atoms with Crippen molar-refractivity contribution in [3.63, 3.8) is 0 Å². The minimum absolute atomic E-state index is 0.190. The minimum atomic E-state index is -3.15. The molecule has 3 heteroatoms. The third-order valence-corrected chi connectivity index (χ3v) is 7.31. The van der Waals surface area contributed by atoms with Crippen LogP contribution in [0.3, 0.4) is 0 Å². The second-order valence-corrected chi connectivity index (χ2v) is 9.91. The molecule has 24 heavy (non-hydrogen) atoms. The van der Waals surface area contributed by atoms with Gasteiger partial charge in [0.1, 0.15) is 0 Å². The maximum Gasteiger partial charge on any atom is 0.226 e. The lowest BCUT2D eigenvalue weighted by atomic mass is 10.0. The van der Waals surface area contributed by atoms with Crippen molar-refractivity contribution < 1.29 is 9.36 Å². The molecule has 0 spiro atoms. The summed E-state index contributed by atoms with van der Waals surface area (Å²) in [6.07, 6.45) is 1.21. The van der Waals surface area contributed by atoms with Gasteiger partial charge in [-0.05, 0) is 44.2 Å². The van der Waals surface area contributed by atoms with E-state index in [1.807, 2.05) is 63.2 Å². The van der Waals surface area contributed by atoms with Crippen LogP contribution in [0.4, 0.5) is 0 Å². The lowest BCUT2D eigenvalue weighted by molar-refractivity contribution is 0.107. The molecule has 0 aliphatic heterocycles. The molecule has 0 aromatic heterocycles. The number of hydrogen-bond acceptors (Lipinski definition) is 2. The third kappa shape index (κ3) is 3.87. The summed E-state index contributed by atoms with van der Waals surface area (Å²) in [5.41, 5.74) is 3.40. The Kier molecular flexibility index (Phi) is 5.83. The third-order valence-electron chi connectivity index (χ3n) is 4.41. The SMILES string of the molecule is Cc1cc(C)c(C(=O)P(=O)(CCC(C)C)c2ccccc2)c(C)c1. The van der Waals surface area contributed by atoms with Crippen molar-refractivity contribution in [1.82, 2.24) is 0 Å². The Labute approximate surface area is 145 Å². The molecule has 0 radical (unpaired) electrons. The Balaban J connectivity index is 2.56. The fraction of sp³-hybridized carbons (Fsp3) is 0.381. The number of hydrogen-bond donors (Lipinski definition) is 0. The number of carbonyl (C=O) groups excluding carboxylic acids is 1. The molecule has 2 nitrogen and oxygen atoms in total. The molecule has 2 aromatic rings. The normalized spacial score (nSPS) is 13.8. The molecule has 0 aliphatic rings. The average Bonchev–Trinajstić information content (AvgIpc) is 2.52. The van der Waals surface area contributed by atoms with Gasteiger partial charge in [-0.15, -0.1) is 0 Å². The molecule has 2 rings (SSSR count). The van der Waals surface area contributed by atoms with E-state index in [2.05, 4.69) is 13.8 Å². The second-order valence-electron chi connectivity index (χ2n) is 7.06. The van der Waals surface area contributed by atoms with Gasteiger partial charge in [0.15, 0.2) is 7.14 Å². The van der Waals surface area contributed by atoms with Crippen molar-refractivity contribution in [1.29, 1.82) is 0 Å². The second kappa shape index (κ2) is 7.49. The highest BCUT2D eigenvalue weighted by Crippen LogP contribution is 2.50. The highest BCUT2D eigenvalue weighted by molar-refractivity contribution is 7.87. The highest BCUT2D eigenvalue weighted by atomic mass is 31.2. The van der Waals surface area contributed by atoms with Crippen LogP contribution in [0.25, 0.3) is 0 Å². The molecule has 128 valence electrons. The Morgan fingerprint density at radius 1 is 1.00 bits per heavy atom. The van der Waals surface area contributed by atoms with E-state index in [0.29, 0.717) is 22.9 Å². The van der Waals surface area contributed by atoms with Crippen molar-refractivity contribution in [3.8, 4) is 0 Å². The fourth-order valence-electron chi connectivity index (χ4n) is 3.15. The molecule has 0 bridgehead atoms. The van der Waals surface area contributed by atoms with E-state index in [4.69, 9.17) is 0 Å². The van der Waals surface area contributed by atoms with Crippen LogP contribution in [0.5, 0.6) is 0 Å². The average molecular weight is 342 g/mol. The van der Waals surface area contributed by atoms with Crippen molar-refractivity contribution >= 4 is 18.0 Å². The quantitative estimate of drug-likeness (QED) is 0.651. The van der Waals surface area contributed by atoms with E-state index >= 15 is 0 Å². The molecule has 0 N–H and O–H groups in total. The summed E-state index contributed by atoms with van der Waals surface area (Å²) in [5.74, 6) is 0.412. The van der Waals surface area contributed by atoms with E-state index in [-0.39, 0.29) is 5.52 Å². The fourth-order valence-corrected chi connectivity index (χ4v) is 6.10. The molecule has 0 heterocycles. The molecule has 1 atom stereocenters. The number of rotatable bonds is 6. The van der Waals surface area contributed by atoms with Crippen LogP contribution in [-0.4, -0.2) is 11.7 Å². The lowest BCUT2D eigenvalue weighted by Crippen LogP contribution is -2.18. The first-order chi connectivity index (χ1) is 11.3. The van der Waals surface area contributed by atoms with Crippen LogP contribution < -0.4 is 5.30 Å². The summed E-state index contributed by atoms with van der Waals surface area (Å²) in [6.45, 7) is 10.1. The van der Waals surface area contributed by atoms with Gasteiger partial charge in [0.25, 0.3) is 0 Å². The zero-order valence-corrected chi connectivity index (χ0v) is 16.2. The Bertz CT molecular complexity index is 753. The van der Waals surface area contributed by atoms with Gasteiger partial charge in [0, 0.05) is 17.0 Å². The summed E-state index contributed by atoms with van der Waals surface area (Å²) in [5, 5.41) is 0.676. The van der Waals surface area contributed by atoms with Crippen molar-refractivity contribution in [2.45, 2.75) is 41.0 Å². The summed E-state index contributed by atoms with van der Waals surface area (Å²) >= 11 is 0. The molecular formula is C21H27O2P. The first kappa shape index (κ1) is 18.7. The van der Waals surface area contributed by atoms with E-state index in [1.54, 1.807) is 0 Å². The Hall–Kier alpha value is -1.66. The van der Waals surface area contributed by atoms with Gasteiger partial charge in [-0.1, -0.05) is 61.9 Å². The first-order valence-corrected chi connectivity index (χ1v) is 10.4. The zero-order valence-electron chi connectivity index (χ0n) is 15.3. The van der Waals surface area contributed by atoms with E-state index in [1.165, 1.54) is 0 Å². The van der Waals surface area contributed by atoms with Gasteiger partial charge in [0.2, 0.25) is 5.52 Å². The Morgan fingerprint density at radius 3 is 2.04 bits per heavy atom. The van der Waals surface area contributed by atoms with Crippen molar-refractivity contribution in [2.24, 2.45) is 5.92 Å². The largest absolute Gasteiger partial charge is 0.310 e. The first-order valence-electron chi connectivity index (χ1n) is 8.53. The van der Waals surface area contributed by atoms with E-state index < -0.39 is 7.14 Å². The van der Waals surface area contributed by atoms with Gasteiger partial charge in [-0.25, -0.2) is 0 Å². The predicted octanol–water partition coefficient (Wildman–Crippen LogP) is 5.49. The molecule has 0 fully saturated rings. The van der Waals surface area contributed by atoms with Gasteiger partial charge < -0.3 is 4.57 Å². The molecule has 0 amide bonds. The molecule has 0 aliphatic carbocycles. The maximum atomic E-state index is 13.9. The lowest BCUT2D eigenvalue weighted by Gasteiger charge is -2.21. The van der Waals surface area contributed by atoms with Gasteiger partial charge in [-0.2, -0.15) is 0 Å². The van der Waals surface area contributed by atoms with Gasteiger partial charge >= 0.3 is 0 Å². The zero-order chi connectivity index (χ0) is 17.9. The molecule has 1 unspecified atom stereocenters. The smallest absolute Gasteiger partial charge is 0.226 e. The summed E-state index contributed by atoms with van der Waals surface area (Å²) in [7, 11) is -3.15. The van der Waals surface area contributed by atoms with Crippen LogP contribution >= 0.6 is 7.14 Å². The van der Waals surface area contributed by atoms with Crippen LogP contribution in [0, 0.1) is 26.7 Å². The standard InChI is InChI=1S/C21H27O2P/c1-15(2)11-12-24(23,19-9-7-6-8-10-19)21(22)20-17(4)13-16(3)14-18(20)5/h6-10,13-15H,11-12H2,1-5H3. The topological polar surface area (TPSA) is 34.1 Å². The van der Waals surface area contributed by atoms with Crippen LogP contribution in [0.15, 0.2) is 42.5 Å². The predicted molar refractivity (Wildman–Crippen MR) is 103 cm³/mol. The molecule has 0 saturated carbocycles. The van der Waals surface area contributed by atoms with Gasteiger partial charge in [-0.3, -0.25) is 4.79 Å². The van der Waals surface area contributed by atoms with Crippen LogP contribution in [0.2, 0.25) is 0 Å². The van der Waals surface area contributed by atoms with E-state index in [9.17, 15) is 9.36 Å². The van der Waals surface area contributed by atoms with Crippen molar-refractivity contribution in [2.75, 3.05) is 6.16 Å². The van der Waals surface area contributed by atoms with Crippen LogP contribution in [0.1, 0.15) is 47.3 Å². The minimum Gasteiger partial charge on any atom is -0.310 e. The Morgan fingerprint density at radius 2 is 1.54 bits per heavy atom. The number of benzene rings is 2. The molecule has 2 aromatic carbocycles. The monoisotopic (exact) mass is 342 g/mol. The summed E-state index contributed by atoms with van der Waals surface area (Å²) < 4.78 is 13.9. The maximum absolute atomic E-state index is 13.9. The summed E-state index contributed by atoms with van der Waals surface area (Å²) in [4.78, 5) is 13.4. The van der Waals surface area contributed by atoms with E-state index in [0.717, 1.165) is 23.1 Å². The molecule has 0 saturated heterocycles. The number of carbonyl (C=O) groups is 1. The number of aryl methyl sites for hydroxylation is 3. The van der Waals surface area contributed by atoms with Crippen LogP contribution in [-0.2, 0) is 4.57 Å². The highest BCUT2D eigenvalue weighted by Gasteiger charge is 2.35. The molecular weight excluding hydrogens is 315 g/mol.